The molecule has 0 atom stereocenters. The largest absolute Gasteiger partial charge is 0.346 e. The summed E-state index contributed by atoms with van der Waals surface area (Å²) in [6.45, 7) is 1.02. The van der Waals surface area contributed by atoms with Gasteiger partial charge in [-0.3, -0.25) is 14.3 Å². The maximum Gasteiger partial charge on any atom is 0.272 e. The van der Waals surface area contributed by atoms with E-state index in [2.05, 4.69) is 10.4 Å². The lowest BCUT2D eigenvalue weighted by atomic mass is 10.2. The molecule has 0 saturated heterocycles. The molecule has 0 saturated carbocycles. The number of nitrogens with zero attached hydrogens (tertiary/aromatic N) is 3. The molecular weight excluding hydrogens is 323 g/mol. The van der Waals surface area contributed by atoms with E-state index >= 15 is 0 Å². The summed E-state index contributed by atoms with van der Waals surface area (Å²) in [6, 6.07) is 5.76. The van der Waals surface area contributed by atoms with Crippen molar-refractivity contribution in [3.63, 3.8) is 0 Å². The van der Waals surface area contributed by atoms with Gasteiger partial charge in [-0.15, -0.1) is 0 Å². The number of benzene rings is 1. The molecule has 0 spiro atoms. The van der Waals surface area contributed by atoms with E-state index in [4.69, 9.17) is 11.6 Å². The number of hydrogen-bond donors (Lipinski definition) is 1. The molecule has 1 aliphatic rings. The van der Waals surface area contributed by atoms with Crippen molar-refractivity contribution in [1.29, 1.82) is 0 Å². The molecule has 1 N–H and O–H groups in total. The van der Waals surface area contributed by atoms with Crippen LogP contribution < -0.4 is 5.32 Å². The summed E-state index contributed by atoms with van der Waals surface area (Å²) in [7, 11) is 1.69. The monoisotopic (exact) mass is 336 g/mol. The van der Waals surface area contributed by atoms with E-state index in [9.17, 15) is 14.0 Å². The molecule has 3 rings (SSSR count). The van der Waals surface area contributed by atoms with Gasteiger partial charge in [0.1, 0.15) is 11.5 Å². The molecule has 1 aliphatic heterocycles. The molecule has 2 amide bonds. The Morgan fingerprint density at radius 1 is 1.43 bits per heavy atom. The predicted molar refractivity (Wildman–Crippen MR) is 81.8 cm³/mol. The van der Waals surface area contributed by atoms with Crippen molar-refractivity contribution < 1.29 is 14.0 Å². The van der Waals surface area contributed by atoms with Crippen LogP contribution in [-0.4, -0.2) is 40.1 Å². The quantitative estimate of drug-likeness (QED) is 0.927. The van der Waals surface area contributed by atoms with Gasteiger partial charge in [0.25, 0.3) is 11.8 Å². The van der Waals surface area contributed by atoms with E-state index in [0.717, 1.165) is 0 Å². The Labute approximate surface area is 136 Å². The van der Waals surface area contributed by atoms with Crippen LogP contribution in [0.15, 0.2) is 24.3 Å². The van der Waals surface area contributed by atoms with Crippen LogP contribution in [0.1, 0.15) is 26.5 Å². The molecule has 1 aromatic carbocycles. The summed E-state index contributed by atoms with van der Waals surface area (Å²) >= 11 is 5.92. The molecular formula is C15H14ClFN4O2. The van der Waals surface area contributed by atoms with Crippen molar-refractivity contribution in [3.05, 3.63) is 52.1 Å². The van der Waals surface area contributed by atoms with Crippen LogP contribution in [0.2, 0.25) is 5.02 Å². The maximum absolute atomic E-state index is 13.7. The Balaban J connectivity index is 1.75. The zero-order chi connectivity index (χ0) is 16.6. The van der Waals surface area contributed by atoms with Crippen molar-refractivity contribution in [1.82, 2.24) is 20.0 Å². The molecule has 0 bridgehead atoms. The van der Waals surface area contributed by atoms with Crippen LogP contribution in [0.5, 0.6) is 0 Å². The summed E-state index contributed by atoms with van der Waals surface area (Å²) < 4.78 is 15.2. The van der Waals surface area contributed by atoms with E-state index in [1.807, 2.05) is 0 Å². The number of rotatable bonds is 3. The average Bonchev–Trinajstić information content (AvgIpc) is 2.95. The van der Waals surface area contributed by atoms with Gasteiger partial charge in [0.2, 0.25) is 0 Å². The molecule has 1 aromatic heterocycles. The Hall–Kier alpha value is -2.41. The number of fused-ring (bicyclic) bond motifs is 1. The van der Waals surface area contributed by atoms with Gasteiger partial charge in [0.05, 0.1) is 6.54 Å². The molecule has 120 valence electrons. The fourth-order valence-electron chi connectivity index (χ4n) is 2.37. The number of aromatic nitrogens is 2. The van der Waals surface area contributed by atoms with E-state index in [0.29, 0.717) is 18.8 Å². The highest BCUT2D eigenvalue weighted by Gasteiger charge is 2.25. The minimum atomic E-state index is -0.487. The van der Waals surface area contributed by atoms with Crippen molar-refractivity contribution >= 4 is 23.4 Å². The van der Waals surface area contributed by atoms with Crippen LogP contribution >= 0.6 is 11.6 Å². The molecule has 8 heteroatoms. The zero-order valence-corrected chi connectivity index (χ0v) is 13.1. The lowest BCUT2D eigenvalue weighted by Gasteiger charge is -2.22. The Morgan fingerprint density at radius 2 is 2.22 bits per heavy atom. The normalized spacial score (nSPS) is 13.9. The van der Waals surface area contributed by atoms with Crippen molar-refractivity contribution in [2.75, 3.05) is 13.6 Å². The number of amides is 2. The lowest BCUT2D eigenvalue weighted by Crippen LogP contribution is -2.37. The number of hydrogen-bond acceptors (Lipinski definition) is 3. The van der Waals surface area contributed by atoms with Crippen LogP contribution in [0.4, 0.5) is 4.39 Å². The first-order valence-corrected chi connectivity index (χ1v) is 7.39. The van der Waals surface area contributed by atoms with Crippen molar-refractivity contribution in [2.24, 2.45) is 0 Å². The number of nitrogens with one attached hydrogen (secondary N) is 1. The molecule has 0 fully saturated rings. The Morgan fingerprint density at radius 3 is 2.96 bits per heavy atom. The molecule has 0 aliphatic carbocycles. The standard InChI is InChI=1S/C15H14ClFN4O2/c1-20-5-6-21-13(15(20)23)7-12(19-21)14(22)18-8-9-10(16)3-2-4-11(9)17/h2-4,7H,5-6,8H2,1H3,(H,18,22). The number of carbonyl (C=O) groups excluding carboxylic acids is 2. The van der Waals surface area contributed by atoms with E-state index < -0.39 is 11.7 Å². The van der Waals surface area contributed by atoms with Gasteiger partial charge in [0.15, 0.2) is 5.69 Å². The first kappa shape index (κ1) is 15.5. The van der Waals surface area contributed by atoms with Gasteiger partial charge in [0, 0.05) is 36.8 Å². The smallest absolute Gasteiger partial charge is 0.272 e. The van der Waals surface area contributed by atoms with E-state index in [1.54, 1.807) is 18.0 Å². The third kappa shape index (κ3) is 2.92. The van der Waals surface area contributed by atoms with E-state index in [-0.39, 0.29) is 28.7 Å². The minimum Gasteiger partial charge on any atom is -0.346 e. The minimum absolute atomic E-state index is 0.0552. The van der Waals surface area contributed by atoms with Crippen LogP contribution in [-0.2, 0) is 13.1 Å². The summed E-state index contributed by atoms with van der Waals surface area (Å²) in [4.78, 5) is 25.7. The predicted octanol–water partition coefficient (Wildman–Crippen LogP) is 1.69. The molecule has 0 unspecified atom stereocenters. The average molecular weight is 337 g/mol. The number of likely N-dealkylation sites (N-methyl/N-ethyl adjacent to an activating group) is 1. The lowest BCUT2D eigenvalue weighted by molar-refractivity contribution is 0.0742. The van der Waals surface area contributed by atoms with Gasteiger partial charge in [-0.05, 0) is 12.1 Å². The van der Waals surface area contributed by atoms with E-state index in [1.165, 1.54) is 22.9 Å². The van der Waals surface area contributed by atoms with Crippen molar-refractivity contribution in [3.8, 4) is 0 Å². The van der Waals surface area contributed by atoms with Gasteiger partial charge >= 0.3 is 0 Å². The van der Waals surface area contributed by atoms with Crippen LogP contribution in [0.25, 0.3) is 0 Å². The molecule has 23 heavy (non-hydrogen) atoms. The van der Waals surface area contributed by atoms with Gasteiger partial charge < -0.3 is 10.2 Å². The molecule has 2 aromatic rings. The molecule has 2 heterocycles. The number of halogens is 2. The Bertz CT molecular complexity index is 770. The molecule has 0 radical (unpaired) electrons. The fourth-order valence-corrected chi connectivity index (χ4v) is 2.60. The first-order chi connectivity index (χ1) is 11.0. The van der Waals surface area contributed by atoms with Crippen LogP contribution in [0.3, 0.4) is 0 Å². The highest BCUT2D eigenvalue weighted by Crippen LogP contribution is 2.19. The summed E-state index contributed by atoms with van der Waals surface area (Å²) in [5.41, 5.74) is 0.700. The maximum atomic E-state index is 13.7. The second-order valence-electron chi connectivity index (χ2n) is 5.25. The van der Waals surface area contributed by atoms with Gasteiger partial charge in [-0.2, -0.15) is 5.10 Å². The summed E-state index contributed by atoms with van der Waals surface area (Å²) in [5, 5.41) is 6.93. The highest BCUT2D eigenvalue weighted by molar-refractivity contribution is 6.31. The summed E-state index contributed by atoms with van der Waals surface area (Å²) in [6.07, 6.45) is 0. The van der Waals surface area contributed by atoms with Crippen LogP contribution in [0, 0.1) is 5.82 Å². The first-order valence-electron chi connectivity index (χ1n) is 7.02. The third-order valence-corrected chi connectivity index (χ3v) is 4.07. The van der Waals surface area contributed by atoms with Crippen molar-refractivity contribution in [2.45, 2.75) is 13.1 Å². The zero-order valence-electron chi connectivity index (χ0n) is 12.3. The van der Waals surface area contributed by atoms with Gasteiger partial charge in [-0.1, -0.05) is 17.7 Å². The SMILES string of the molecule is CN1CCn2nc(C(=O)NCc3c(F)cccc3Cl)cc2C1=O. The summed E-state index contributed by atoms with van der Waals surface area (Å²) in [5.74, 6) is -1.15. The topological polar surface area (TPSA) is 67.2 Å². The second-order valence-corrected chi connectivity index (χ2v) is 5.65. The highest BCUT2D eigenvalue weighted by atomic mass is 35.5. The fraction of sp³-hybridized carbons (Fsp3) is 0.267. The second kappa shape index (κ2) is 6.00. The molecule has 6 nitrogen and oxygen atoms in total. The number of carbonyl (C=O) groups is 2. The Kier molecular flexibility index (Phi) is 4.04. The van der Waals surface area contributed by atoms with Gasteiger partial charge in [-0.25, -0.2) is 4.39 Å². The third-order valence-electron chi connectivity index (χ3n) is 3.71.